The highest BCUT2D eigenvalue weighted by molar-refractivity contribution is 6.74. The summed E-state index contributed by atoms with van der Waals surface area (Å²) in [6, 6.07) is 8.92. The van der Waals surface area contributed by atoms with Crippen LogP contribution < -0.4 is 5.32 Å². The molecule has 1 fully saturated rings. The maximum atomic E-state index is 12.6. The molecule has 0 spiro atoms. The first-order valence-electron chi connectivity index (χ1n) is 11.1. The van der Waals surface area contributed by atoms with Gasteiger partial charge in [-0.2, -0.15) is 0 Å². The van der Waals surface area contributed by atoms with E-state index in [1.54, 1.807) is 30.6 Å². The van der Waals surface area contributed by atoms with Crippen molar-refractivity contribution in [1.29, 1.82) is 0 Å². The van der Waals surface area contributed by atoms with Gasteiger partial charge < -0.3 is 19.6 Å². The van der Waals surface area contributed by atoms with Crippen LogP contribution in [0.5, 0.6) is 0 Å². The number of imidazole rings is 1. The Balaban J connectivity index is 1.64. The highest BCUT2D eigenvalue weighted by atomic mass is 28.4. The number of rotatable bonds is 6. The van der Waals surface area contributed by atoms with Crippen LogP contribution in [0.25, 0.3) is 11.2 Å². The van der Waals surface area contributed by atoms with Crippen molar-refractivity contribution in [2.24, 2.45) is 0 Å². The van der Waals surface area contributed by atoms with E-state index in [-0.39, 0.29) is 29.8 Å². The second kappa shape index (κ2) is 8.94. The smallest absolute Gasteiger partial charge is 0.256 e. The molecule has 1 saturated heterocycles. The fourth-order valence-corrected chi connectivity index (χ4v) is 4.96. The van der Waals surface area contributed by atoms with E-state index < -0.39 is 14.5 Å². The summed E-state index contributed by atoms with van der Waals surface area (Å²) in [5.74, 6) is 0.0490. The predicted octanol–water partition coefficient (Wildman–Crippen LogP) is 3.75. The van der Waals surface area contributed by atoms with Crippen molar-refractivity contribution in [2.45, 2.75) is 63.8 Å². The fraction of sp³-hybridized carbons (Fsp3) is 0.478. The molecule has 33 heavy (non-hydrogen) atoms. The van der Waals surface area contributed by atoms with E-state index in [1.807, 2.05) is 10.6 Å². The first-order chi connectivity index (χ1) is 15.6. The molecule has 3 aromatic rings. The van der Waals surface area contributed by atoms with Crippen LogP contribution >= 0.6 is 0 Å². The molecule has 0 unspecified atom stereocenters. The maximum absolute atomic E-state index is 12.6. The number of benzene rings is 1. The van der Waals surface area contributed by atoms with Crippen molar-refractivity contribution in [3.8, 4) is 0 Å². The lowest BCUT2D eigenvalue weighted by atomic mass is 10.2. The monoisotopic (exact) mass is 469 g/mol. The van der Waals surface area contributed by atoms with E-state index in [4.69, 9.17) is 9.16 Å². The van der Waals surface area contributed by atoms with E-state index in [2.05, 4.69) is 54.1 Å². The lowest BCUT2D eigenvalue weighted by Gasteiger charge is -2.39. The van der Waals surface area contributed by atoms with Gasteiger partial charge in [0, 0.05) is 12.0 Å². The number of hydrogen-bond donors (Lipinski definition) is 2. The molecule has 10 heteroatoms. The number of carbonyl (C=O) groups is 1. The molecule has 2 N–H and O–H groups in total. The van der Waals surface area contributed by atoms with Crippen LogP contribution in [0.2, 0.25) is 18.1 Å². The lowest BCUT2D eigenvalue weighted by molar-refractivity contribution is -0.0460. The summed E-state index contributed by atoms with van der Waals surface area (Å²) in [7, 11) is -2.09. The Hall–Kier alpha value is -2.66. The summed E-state index contributed by atoms with van der Waals surface area (Å²) in [5.41, 5.74) is 1.51. The maximum Gasteiger partial charge on any atom is 0.256 e. The number of fused-ring (bicyclic) bond motifs is 1. The molecule has 3 heterocycles. The summed E-state index contributed by atoms with van der Waals surface area (Å²) in [6.45, 7) is 10.9. The second-order valence-electron chi connectivity index (χ2n) is 9.85. The van der Waals surface area contributed by atoms with Crippen molar-refractivity contribution < 1.29 is 19.1 Å². The molecule has 1 aliphatic heterocycles. The zero-order chi connectivity index (χ0) is 23.8. The largest absolute Gasteiger partial charge is 0.409 e. The van der Waals surface area contributed by atoms with Crippen LogP contribution in [-0.4, -0.2) is 57.7 Å². The van der Waals surface area contributed by atoms with Gasteiger partial charge in [0.25, 0.3) is 5.91 Å². The number of aromatic nitrogens is 4. The number of nitrogens with one attached hydrogen (secondary N) is 1. The van der Waals surface area contributed by atoms with Crippen molar-refractivity contribution in [1.82, 2.24) is 19.5 Å². The van der Waals surface area contributed by atoms with E-state index in [1.165, 1.54) is 6.33 Å². The number of hydrogen-bond acceptors (Lipinski definition) is 7. The highest BCUT2D eigenvalue weighted by Gasteiger charge is 2.45. The van der Waals surface area contributed by atoms with E-state index in [0.29, 0.717) is 29.0 Å². The first kappa shape index (κ1) is 23.5. The molecule has 1 aliphatic rings. The molecular formula is C23H31N5O4Si. The van der Waals surface area contributed by atoms with Crippen molar-refractivity contribution in [3.63, 3.8) is 0 Å². The van der Waals surface area contributed by atoms with Gasteiger partial charge >= 0.3 is 0 Å². The van der Waals surface area contributed by atoms with Gasteiger partial charge in [-0.15, -0.1) is 0 Å². The minimum atomic E-state index is -2.09. The van der Waals surface area contributed by atoms with Crippen molar-refractivity contribution in [2.75, 3.05) is 11.9 Å². The minimum absolute atomic E-state index is 0.0307. The number of anilines is 1. The molecule has 4 rings (SSSR count). The molecule has 1 aromatic carbocycles. The van der Waals surface area contributed by atoms with E-state index in [0.717, 1.165) is 0 Å². The third kappa shape index (κ3) is 4.69. The van der Waals surface area contributed by atoms with Crippen LogP contribution in [0.4, 0.5) is 5.82 Å². The van der Waals surface area contributed by atoms with Gasteiger partial charge in [0.05, 0.1) is 25.1 Å². The van der Waals surface area contributed by atoms with Crippen LogP contribution in [0, 0.1) is 0 Å². The molecule has 0 aliphatic carbocycles. The number of nitrogens with zero attached hydrogens (tertiary/aromatic N) is 4. The molecule has 0 bridgehead atoms. The highest BCUT2D eigenvalue weighted by Crippen LogP contribution is 2.42. The van der Waals surface area contributed by atoms with Crippen molar-refractivity contribution in [3.05, 3.63) is 48.5 Å². The number of aliphatic hydroxyl groups excluding tert-OH is 1. The zero-order valence-corrected chi connectivity index (χ0v) is 20.6. The van der Waals surface area contributed by atoms with E-state index in [9.17, 15) is 9.90 Å². The standard InChI is InChI=1S/C23H31N5O4Si/c1-23(2,3)33(4,5)32-17-11-16(12-29)31-22(17)28-14-26-18-19(24-13-25-20(18)28)27-21(30)15-9-7-6-8-10-15/h6-10,13-14,16-17,22,29H,11-12H2,1-5H3,(H,24,25,27,30)/t16-,17+,22+/m0/s1. The van der Waals surface area contributed by atoms with Gasteiger partial charge in [-0.1, -0.05) is 39.0 Å². The van der Waals surface area contributed by atoms with Gasteiger partial charge in [0.2, 0.25) is 0 Å². The van der Waals surface area contributed by atoms with Gasteiger partial charge in [0.15, 0.2) is 31.5 Å². The van der Waals surface area contributed by atoms with Gasteiger partial charge in [-0.3, -0.25) is 9.36 Å². The van der Waals surface area contributed by atoms with E-state index >= 15 is 0 Å². The molecular weight excluding hydrogens is 438 g/mol. The Labute approximate surface area is 194 Å². The Bertz CT molecular complexity index is 1130. The molecule has 0 saturated carbocycles. The Morgan fingerprint density at radius 1 is 1.24 bits per heavy atom. The molecule has 0 radical (unpaired) electrons. The molecule has 3 atom stereocenters. The summed E-state index contributed by atoms with van der Waals surface area (Å²) in [6.07, 6.45) is 2.52. The second-order valence-corrected chi connectivity index (χ2v) is 14.6. The average molecular weight is 470 g/mol. The topological polar surface area (TPSA) is 111 Å². The van der Waals surface area contributed by atoms with Crippen molar-refractivity contribution >= 4 is 31.2 Å². The first-order valence-corrected chi connectivity index (χ1v) is 14.0. The van der Waals surface area contributed by atoms with Gasteiger partial charge in [-0.25, -0.2) is 15.0 Å². The number of carbonyl (C=O) groups excluding carboxylic acids is 1. The number of amides is 1. The Morgan fingerprint density at radius 2 is 1.97 bits per heavy atom. The van der Waals surface area contributed by atoms with Crippen LogP contribution in [0.15, 0.2) is 43.0 Å². The fourth-order valence-electron chi connectivity index (χ4n) is 3.64. The van der Waals surface area contributed by atoms with Crippen LogP contribution in [-0.2, 0) is 9.16 Å². The summed E-state index contributed by atoms with van der Waals surface area (Å²) in [5, 5.41) is 12.6. The summed E-state index contributed by atoms with van der Waals surface area (Å²) < 4.78 is 14.6. The minimum Gasteiger partial charge on any atom is -0.409 e. The lowest BCUT2D eigenvalue weighted by Crippen LogP contribution is -2.45. The zero-order valence-electron chi connectivity index (χ0n) is 19.6. The summed E-state index contributed by atoms with van der Waals surface area (Å²) in [4.78, 5) is 25.7. The van der Waals surface area contributed by atoms with Gasteiger partial charge in [0.1, 0.15) is 6.33 Å². The third-order valence-electron chi connectivity index (χ3n) is 6.50. The molecule has 9 nitrogen and oxygen atoms in total. The number of ether oxygens (including phenoxy) is 1. The molecule has 176 valence electrons. The number of aliphatic hydroxyl groups is 1. The van der Waals surface area contributed by atoms with Gasteiger partial charge in [-0.05, 0) is 30.3 Å². The average Bonchev–Trinajstić information content (AvgIpc) is 3.37. The normalized spacial score (nSPS) is 21.5. The SMILES string of the molecule is CC(C)(C)[Si](C)(C)O[C@@H]1C[C@@H](CO)O[C@H]1n1cnc2c(NC(=O)c3ccccc3)ncnc21. The predicted molar refractivity (Wildman–Crippen MR) is 127 cm³/mol. The third-order valence-corrected chi connectivity index (χ3v) is 11.0. The Kier molecular flexibility index (Phi) is 6.36. The molecule has 1 amide bonds. The quantitative estimate of drug-likeness (QED) is 0.529. The summed E-state index contributed by atoms with van der Waals surface area (Å²) >= 11 is 0. The van der Waals surface area contributed by atoms with Crippen LogP contribution in [0.3, 0.4) is 0 Å². The molecule has 2 aromatic heterocycles. The Morgan fingerprint density at radius 3 is 2.64 bits per heavy atom. The van der Waals surface area contributed by atoms with Crippen LogP contribution in [0.1, 0.15) is 43.8 Å².